The molecule has 0 N–H and O–H groups in total. The second-order valence-electron chi connectivity index (χ2n) is 13.1. The van der Waals surface area contributed by atoms with Gasteiger partial charge < -0.3 is 8.83 Å². The Morgan fingerprint density at radius 2 is 1.30 bits per heavy atom. The zero-order chi connectivity index (χ0) is 32.5. The number of hydrogen-bond donors (Lipinski definition) is 0. The van der Waals surface area contributed by atoms with Crippen LogP contribution in [0.1, 0.15) is 16.9 Å². The lowest BCUT2D eigenvalue weighted by molar-refractivity contribution is 0.662. The van der Waals surface area contributed by atoms with E-state index in [4.69, 9.17) is 18.8 Å². The molecule has 5 heterocycles. The normalized spacial score (nSPS) is 13.4. The van der Waals surface area contributed by atoms with Gasteiger partial charge >= 0.3 is 0 Å². The number of hydrogen-bond acceptors (Lipinski definition) is 5. The predicted octanol–water partition coefficient (Wildman–Crippen LogP) is 12.4. The lowest BCUT2D eigenvalue weighted by atomic mass is 9.96. The number of aryl methyl sites for hydroxylation is 1. The van der Waals surface area contributed by atoms with Crippen molar-refractivity contribution in [3.63, 3.8) is 0 Å². The van der Waals surface area contributed by atoms with Gasteiger partial charge in [-0.1, -0.05) is 97.1 Å². The van der Waals surface area contributed by atoms with Crippen molar-refractivity contribution in [1.29, 1.82) is 0 Å². The molecule has 6 aromatic carbocycles. The molecule has 0 bridgehead atoms. The predicted molar refractivity (Wildman–Crippen MR) is 207 cm³/mol. The van der Waals surface area contributed by atoms with Gasteiger partial charge in [0, 0.05) is 52.8 Å². The highest BCUT2D eigenvalue weighted by Crippen LogP contribution is 2.49. The van der Waals surface area contributed by atoms with Gasteiger partial charge in [-0.2, -0.15) is 0 Å². The maximum Gasteiger partial charge on any atom is 0.236 e. The summed E-state index contributed by atoms with van der Waals surface area (Å²) in [5.74, 6) is 0.606. The van der Waals surface area contributed by atoms with Gasteiger partial charge in [0.25, 0.3) is 0 Å². The molecule has 0 amide bonds. The smallest absolute Gasteiger partial charge is 0.236 e. The van der Waals surface area contributed by atoms with Gasteiger partial charge in [0.05, 0.1) is 11.0 Å². The van der Waals surface area contributed by atoms with E-state index in [1.165, 1.54) is 42.1 Å². The Labute approximate surface area is 288 Å². The van der Waals surface area contributed by atoms with Crippen LogP contribution in [0, 0.1) is 0 Å². The molecule has 12 rings (SSSR count). The summed E-state index contributed by atoms with van der Waals surface area (Å²) < 4.78 is 16.8. The van der Waals surface area contributed by atoms with E-state index in [-0.39, 0.29) is 0 Å². The summed E-state index contributed by atoms with van der Waals surface area (Å²) in [4.78, 5) is 12.3. The Hall–Kier alpha value is -6.24. The van der Waals surface area contributed by atoms with Crippen LogP contribution in [0.25, 0.3) is 110 Å². The molecular formula is C44H25N3O2S. The molecule has 1 aliphatic carbocycles. The number of fused-ring (bicyclic) bond motifs is 16. The van der Waals surface area contributed by atoms with Crippen LogP contribution in [0.4, 0.5) is 0 Å². The van der Waals surface area contributed by atoms with Crippen LogP contribution < -0.4 is 0 Å². The number of allylic oxidation sites excluding steroid dienone is 1. The highest BCUT2D eigenvalue weighted by Gasteiger charge is 2.27. The zero-order valence-corrected chi connectivity index (χ0v) is 27.4. The highest BCUT2D eigenvalue weighted by molar-refractivity contribution is 7.20. The fourth-order valence-corrected chi connectivity index (χ4v) is 9.69. The van der Waals surface area contributed by atoms with Crippen molar-refractivity contribution in [2.24, 2.45) is 0 Å². The second kappa shape index (κ2) is 9.68. The first-order valence-corrected chi connectivity index (χ1v) is 17.8. The second-order valence-corrected chi connectivity index (χ2v) is 14.2. The molecule has 5 aromatic heterocycles. The van der Waals surface area contributed by atoms with Crippen LogP contribution in [-0.4, -0.2) is 14.5 Å². The van der Waals surface area contributed by atoms with Crippen LogP contribution >= 0.6 is 11.3 Å². The molecule has 0 aliphatic heterocycles. The Balaban J connectivity index is 1.30. The van der Waals surface area contributed by atoms with Crippen molar-refractivity contribution in [3.8, 4) is 17.2 Å². The molecule has 0 radical (unpaired) electrons. The molecule has 11 aromatic rings. The third-order valence-electron chi connectivity index (χ3n) is 10.5. The lowest BCUT2D eigenvalue weighted by Gasteiger charge is -2.12. The van der Waals surface area contributed by atoms with Crippen molar-refractivity contribution < 1.29 is 8.83 Å². The lowest BCUT2D eigenvalue weighted by Crippen LogP contribution is -2.03. The molecule has 0 unspecified atom stereocenters. The van der Waals surface area contributed by atoms with Gasteiger partial charge in [-0.15, -0.1) is 11.3 Å². The fourth-order valence-electron chi connectivity index (χ4n) is 8.34. The maximum absolute atomic E-state index is 6.61. The molecule has 5 nitrogen and oxygen atoms in total. The minimum atomic E-state index is 0.606. The molecule has 0 saturated carbocycles. The van der Waals surface area contributed by atoms with Crippen molar-refractivity contribution in [3.05, 3.63) is 132 Å². The molecule has 50 heavy (non-hydrogen) atoms. The van der Waals surface area contributed by atoms with Crippen molar-refractivity contribution in [2.75, 3.05) is 0 Å². The van der Waals surface area contributed by atoms with Crippen LogP contribution in [0.2, 0.25) is 0 Å². The van der Waals surface area contributed by atoms with E-state index in [0.29, 0.717) is 17.2 Å². The summed E-state index contributed by atoms with van der Waals surface area (Å²) in [6, 6.07) is 40.1. The van der Waals surface area contributed by atoms with Gasteiger partial charge in [-0.3, -0.25) is 4.57 Å². The molecule has 0 spiro atoms. The standard InChI is InChI=1S/C44H25N3O2S/c1-2-14-27-25(13-1)36-28-15-3-7-20-32(28)47(40(36)37-30-17-6-10-23-35(30)50-43(27)37)44-45-38-29-16-5-9-22-34(29)49-42(38)39(46-44)31-19-11-18-26-24-12-4-8-21-33(24)48-41(26)31/h1-9,11-22H,10,23H2. The number of thiophene rings is 1. The van der Waals surface area contributed by atoms with E-state index in [0.717, 1.165) is 67.9 Å². The molecule has 6 heteroatoms. The average molecular weight is 660 g/mol. The number of benzene rings is 6. The van der Waals surface area contributed by atoms with Crippen molar-refractivity contribution in [2.45, 2.75) is 12.8 Å². The number of furan rings is 2. The average Bonchev–Trinajstić information content (AvgIpc) is 3.93. The van der Waals surface area contributed by atoms with E-state index in [1.54, 1.807) is 0 Å². The van der Waals surface area contributed by atoms with Gasteiger partial charge in [-0.05, 0) is 54.1 Å². The maximum atomic E-state index is 6.61. The number of rotatable bonds is 2. The van der Waals surface area contributed by atoms with Crippen molar-refractivity contribution >= 4 is 104 Å². The van der Waals surface area contributed by atoms with Gasteiger partial charge in [0.2, 0.25) is 5.95 Å². The summed E-state index contributed by atoms with van der Waals surface area (Å²) in [5, 5.41) is 9.29. The van der Waals surface area contributed by atoms with Gasteiger partial charge in [0.1, 0.15) is 28.0 Å². The largest absolute Gasteiger partial charge is 0.455 e. The molecular weight excluding hydrogens is 635 g/mol. The quantitative estimate of drug-likeness (QED) is 0.185. The monoisotopic (exact) mass is 659 g/mol. The summed E-state index contributed by atoms with van der Waals surface area (Å²) in [6.07, 6.45) is 6.76. The van der Waals surface area contributed by atoms with E-state index >= 15 is 0 Å². The first-order valence-electron chi connectivity index (χ1n) is 17.0. The van der Waals surface area contributed by atoms with Gasteiger partial charge in [0.15, 0.2) is 5.58 Å². The van der Waals surface area contributed by atoms with E-state index in [2.05, 4.69) is 102 Å². The molecule has 0 fully saturated rings. The van der Waals surface area contributed by atoms with Crippen LogP contribution in [0.5, 0.6) is 0 Å². The van der Waals surface area contributed by atoms with Crippen LogP contribution in [0.15, 0.2) is 130 Å². The number of nitrogens with zero attached hydrogens (tertiary/aromatic N) is 3. The van der Waals surface area contributed by atoms with E-state index < -0.39 is 0 Å². The van der Waals surface area contributed by atoms with Gasteiger partial charge in [-0.25, -0.2) is 9.97 Å². The van der Waals surface area contributed by atoms with Crippen LogP contribution in [-0.2, 0) is 6.42 Å². The first-order chi connectivity index (χ1) is 24.8. The Kier molecular flexibility index (Phi) is 5.17. The minimum absolute atomic E-state index is 0.606. The molecule has 1 aliphatic rings. The summed E-state index contributed by atoms with van der Waals surface area (Å²) in [7, 11) is 0. The number of para-hydroxylation sites is 4. The Morgan fingerprint density at radius 1 is 0.600 bits per heavy atom. The first kappa shape index (κ1) is 26.7. The third kappa shape index (κ3) is 3.40. The number of aromatic nitrogens is 3. The molecule has 234 valence electrons. The third-order valence-corrected chi connectivity index (χ3v) is 11.8. The highest BCUT2D eigenvalue weighted by atomic mass is 32.1. The summed E-state index contributed by atoms with van der Waals surface area (Å²) >= 11 is 1.93. The van der Waals surface area contributed by atoms with Crippen LogP contribution in [0.3, 0.4) is 0 Å². The Morgan fingerprint density at radius 3 is 2.18 bits per heavy atom. The van der Waals surface area contributed by atoms with E-state index in [1.807, 2.05) is 41.7 Å². The zero-order valence-electron chi connectivity index (χ0n) is 26.6. The molecule has 0 atom stereocenters. The molecule has 0 saturated heterocycles. The minimum Gasteiger partial charge on any atom is -0.455 e. The summed E-state index contributed by atoms with van der Waals surface area (Å²) in [6.45, 7) is 0. The topological polar surface area (TPSA) is 57.0 Å². The van der Waals surface area contributed by atoms with Crippen molar-refractivity contribution in [1.82, 2.24) is 14.5 Å². The summed E-state index contributed by atoms with van der Waals surface area (Å²) in [5.41, 5.74) is 8.95. The van der Waals surface area contributed by atoms with E-state index in [9.17, 15) is 0 Å². The fraction of sp³-hybridized carbons (Fsp3) is 0.0455. The SMILES string of the molecule is C1=Cc2c(sc3c4ccccc4c4c5ccccc5n(-c5nc(-c6cccc7c6oc6ccccc67)c6oc7ccccc7c6n5)c4c23)CC1. The Bertz CT molecular complexity index is 3280.